The maximum absolute atomic E-state index is 14.1. The number of carbonyl (C=O) groups is 1. The van der Waals surface area contributed by atoms with E-state index in [1.54, 1.807) is 30.3 Å². The van der Waals surface area contributed by atoms with Crippen molar-refractivity contribution >= 4 is 37.7 Å². The second kappa shape index (κ2) is 9.28. The van der Waals surface area contributed by atoms with Crippen molar-refractivity contribution in [2.24, 2.45) is 0 Å². The topological polar surface area (TPSA) is 65.4 Å². The standard InChI is InChI=1S/C30H27NO4S/c1-4-9-27-29(28-23-11-6-5-10-21(23)16-19-25(28)30(32)35-3)24-12-7-8-13-26(24)31(27)36(33,34)22-17-14-20(2)15-18-22/h5-8,10-19H,4,9H2,1-3H3. The van der Waals surface area contributed by atoms with Crippen LogP contribution >= 0.6 is 0 Å². The van der Waals surface area contributed by atoms with Gasteiger partial charge in [-0.25, -0.2) is 17.2 Å². The molecule has 0 saturated carbocycles. The summed E-state index contributed by atoms with van der Waals surface area (Å²) in [6.07, 6.45) is 1.24. The zero-order chi connectivity index (χ0) is 25.4. The number of rotatable bonds is 6. The average molecular weight is 498 g/mol. The van der Waals surface area contributed by atoms with E-state index in [1.165, 1.54) is 11.1 Å². The molecule has 0 fully saturated rings. The van der Waals surface area contributed by atoms with Crippen molar-refractivity contribution in [3.63, 3.8) is 0 Å². The Kier molecular flexibility index (Phi) is 6.14. The molecule has 0 spiro atoms. The lowest BCUT2D eigenvalue weighted by atomic mass is 9.90. The van der Waals surface area contributed by atoms with E-state index in [2.05, 4.69) is 0 Å². The van der Waals surface area contributed by atoms with Gasteiger partial charge in [0.05, 0.1) is 23.1 Å². The zero-order valence-electron chi connectivity index (χ0n) is 20.5. The number of aryl methyl sites for hydroxylation is 1. The SMILES string of the molecule is CCCc1c(-c2c(C(=O)OC)ccc3ccccc23)c2ccccc2n1S(=O)(=O)c1ccc(C)cc1. The highest BCUT2D eigenvalue weighted by Crippen LogP contribution is 2.42. The fraction of sp³-hybridized carbons (Fsp3) is 0.167. The first-order chi connectivity index (χ1) is 17.4. The Hall–Kier alpha value is -3.90. The van der Waals surface area contributed by atoms with Crippen molar-refractivity contribution in [1.29, 1.82) is 0 Å². The van der Waals surface area contributed by atoms with E-state index in [-0.39, 0.29) is 4.90 Å². The Morgan fingerprint density at radius 2 is 1.50 bits per heavy atom. The van der Waals surface area contributed by atoms with Gasteiger partial charge in [0, 0.05) is 22.2 Å². The smallest absolute Gasteiger partial charge is 0.338 e. The van der Waals surface area contributed by atoms with Crippen molar-refractivity contribution < 1.29 is 17.9 Å². The van der Waals surface area contributed by atoms with E-state index in [1.807, 2.05) is 68.4 Å². The van der Waals surface area contributed by atoms with Gasteiger partial charge in [-0.1, -0.05) is 79.6 Å². The Morgan fingerprint density at radius 3 is 2.19 bits per heavy atom. The van der Waals surface area contributed by atoms with Gasteiger partial charge in [0.1, 0.15) is 0 Å². The third-order valence-corrected chi connectivity index (χ3v) is 8.32. The molecule has 0 atom stereocenters. The molecule has 0 N–H and O–H groups in total. The summed E-state index contributed by atoms with van der Waals surface area (Å²) < 4.78 is 34.8. The summed E-state index contributed by atoms with van der Waals surface area (Å²) in [5, 5.41) is 2.60. The van der Waals surface area contributed by atoms with Gasteiger partial charge in [-0.15, -0.1) is 0 Å². The van der Waals surface area contributed by atoms with Gasteiger partial charge >= 0.3 is 5.97 Å². The van der Waals surface area contributed by atoms with Crippen LogP contribution in [-0.2, 0) is 21.2 Å². The van der Waals surface area contributed by atoms with Crippen LogP contribution in [0.15, 0.2) is 89.8 Å². The largest absolute Gasteiger partial charge is 0.465 e. The fourth-order valence-electron chi connectivity index (χ4n) is 4.92. The summed E-state index contributed by atoms with van der Waals surface area (Å²) in [6.45, 7) is 3.95. The number of carbonyl (C=O) groups excluding carboxylic acids is 1. The zero-order valence-corrected chi connectivity index (χ0v) is 21.3. The Morgan fingerprint density at radius 1 is 0.833 bits per heavy atom. The van der Waals surface area contributed by atoms with E-state index in [4.69, 9.17) is 4.74 Å². The number of methoxy groups -OCH3 is 1. The summed E-state index contributed by atoms with van der Waals surface area (Å²) in [5.41, 5.74) is 4.07. The lowest BCUT2D eigenvalue weighted by molar-refractivity contribution is 0.0602. The number of ether oxygens (including phenoxy) is 1. The van der Waals surface area contributed by atoms with Crippen LogP contribution in [0.4, 0.5) is 0 Å². The number of nitrogens with zero attached hydrogens (tertiary/aromatic N) is 1. The van der Waals surface area contributed by atoms with E-state index in [9.17, 15) is 13.2 Å². The lowest BCUT2D eigenvalue weighted by Crippen LogP contribution is -2.16. The molecule has 182 valence electrons. The van der Waals surface area contributed by atoms with Gasteiger partial charge in [-0.05, 0) is 48.4 Å². The predicted octanol–water partition coefficient (Wildman–Crippen LogP) is 6.75. The highest BCUT2D eigenvalue weighted by atomic mass is 32.2. The molecule has 0 aliphatic carbocycles. The van der Waals surface area contributed by atoms with Crippen LogP contribution in [-0.4, -0.2) is 25.5 Å². The molecule has 0 unspecified atom stereocenters. The van der Waals surface area contributed by atoms with Gasteiger partial charge < -0.3 is 4.74 Å². The fourth-order valence-corrected chi connectivity index (χ4v) is 6.50. The number of aromatic nitrogens is 1. The van der Waals surface area contributed by atoms with Crippen LogP contribution in [0.2, 0.25) is 0 Å². The summed E-state index contributed by atoms with van der Waals surface area (Å²) in [5.74, 6) is -0.462. The Bertz CT molecular complexity index is 1710. The minimum atomic E-state index is -3.91. The van der Waals surface area contributed by atoms with Crippen molar-refractivity contribution in [2.45, 2.75) is 31.6 Å². The highest BCUT2D eigenvalue weighted by molar-refractivity contribution is 7.90. The predicted molar refractivity (Wildman–Crippen MR) is 144 cm³/mol. The Labute approximate surface area is 211 Å². The molecule has 1 aromatic heterocycles. The third-order valence-electron chi connectivity index (χ3n) is 6.56. The minimum Gasteiger partial charge on any atom is -0.465 e. The number of hydrogen-bond donors (Lipinski definition) is 0. The van der Waals surface area contributed by atoms with Crippen LogP contribution in [0.1, 0.15) is 35.0 Å². The molecule has 5 aromatic rings. The number of benzene rings is 4. The van der Waals surface area contributed by atoms with Gasteiger partial charge in [0.15, 0.2) is 0 Å². The van der Waals surface area contributed by atoms with E-state index in [0.29, 0.717) is 28.8 Å². The number of para-hydroxylation sites is 1. The molecule has 0 saturated heterocycles. The molecule has 1 heterocycles. The van der Waals surface area contributed by atoms with Crippen molar-refractivity contribution in [1.82, 2.24) is 3.97 Å². The van der Waals surface area contributed by atoms with Crippen LogP contribution in [0.25, 0.3) is 32.8 Å². The number of fused-ring (bicyclic) bond motifs is 2. The van der Waals surface area contributed by atoms with Crippen LogP contribution < -0.4 is 0 Å². The first-order valence-corrected chi connectivity index (χ1v) is 13.4. The minimum absolute atomic E-state index is 0.226. The molecule has 0 aliphatic heterocycles. The molecule has 0 radical (unpaired) electrons. The molecular formula is C30H27NO4S. The molecule has 6 heteroatoms. The molecule has 0 amide bonds. The molecule has 5 rings (SSSR count). The average Bonchev–Trinajstić information content (AvgIpc) is 3.22. The number of hydrogen-bond acceptors (Lipinski definition) is 4. The molecule has 36 heavy (non-hydrogen) atoms. The van der Waals surface area contributed by atoms with Gasteiger partial charge in [-0.2, -0.15) is 0 Å². The second-order valence-electron chi connectivity index (χ2n) is 8.87. The molecule has 0 bridgehead atoms. The molecule has 5 nitrogen and oxygen atoms in total. The molecule has 0 aliphatic rings. The van der Waals surface area contributed by atoms with Crippen LogP contribution in [0, 0.1) is 6.92 Å². The maximum Gasteiger partial charge on any atom is 0.338 e. The van der Waals surface area contributed by atoms with Crippen LogP contribution in [0.3, 0.4) is 0 Å². The van der Waals surface area contributed by atoms with E-state index >= 15 is 0 Å². The van der Waals surface area contributed by atoms with Crippen molar-refractivity contribution in [2.75, 3.05) is 7.11 Å². The van der Waals surface area contributed by atoms with Crippen LogP contribution in [0.5, 0.6) is 0 Å². The molecule has 4 aromatic carbocycles. The van der Waals surface area contributed by atoms with Gasteiger partial charge in [0.25, 0.3) is 10.0 Å². The summed E-state index contributed by atoms with van der Waals surface area (Å²) in [6, 6.07) is 25.9. The van der Waals surface area contributed by atoms with Gasteiger partial charge in [0.2, 0.25) is 0 Å². The highest BCUT2D eigenvalue weighted by Gasteiger charge is 2.29. The lowest BCUT2D eigenvalue weighted by Gasteiger charge is -2.16. The first kappa shape index (κ1) is 23.8. The second-order valence-corrected chi connectivity index (χ2v) is 10.7. The van der Waals surface area contributed by atoms with E-state index < -0.39 is 16.0 Å². The first-order valence-electron chi connectivity index (χ1n) is 11.9. The third kappa shape index (κ3) is 3.78. The summed E-state index contributed by atoms with van der Waals surface area (Å²) in [4.78, 5) is 13.2. The van der Waals surface area contributed by atoms with Gasteiger partial charge in [-0.3, -0.25) is 0 Å². The maximum atomic E-state index is 14.1. The van der Waals surface area contributed by atoms with E-state index in [0.717, 1.165) is 33.7 Å². The van der Waals surface area contributed by atoms with Crippen molar-refractivity contribution in [3.05, 3.63) is 102 Å². The number of esters is 1. The van der Waals surface area contributed by atoms with Crippen molar-refractivity contribution in [3.8, 4) is 11.1 Å². The Balaban J connectivity index is 1.96. The normalized spacial score (nSPS) is 11.8. The monoisotopic (exact) mass is 497 g/mol. The summed E-state index contributed by atoms with van der Waals surface area (Å²) >= 11 is 0. The summed E-state index contributed by atoms with van der Waals surface area (Å²) in [7, 11) is -2.55. The quantitative estimate of drug-likeness (QED) is 0.244. The molecular weight excluding hydrogens is 470 g/mol.